The largest absolute Gasteiger partial charge is 0.456 e. The molecule has 5 nitrogen and oxygen atoms in total. The molecule has 12 aromatic rings. The minimum absolute atomic E-state index is 0.831. The number of rotatable bonds is 4. The zero-order valence-corrected chi connectivity index (χ0v) is 29.5. The number of hydrogen-bond donors (Lipinski definition) is 0. The third-order valence-electron chi connectivity index (χ3n) is 11.2. The van der Waals surface area contributed by atoms with Crippen LogP contribution in [0.2, 0.25) is 0 Å². The average Bonchev–Trinajstić information content (AvgIpc) is 3.91. The molecule has 0 amide bonds. The summed E-state index contributed by atoms with van der Waals surface area (Å²) in [5, 5.41) is 6.97. The number of furan rings is 1. The van der Waals surface area contributed by atoms with Crippen molar-refractivity contribution in [2.24, 2.45) is 0 Å². The summed E-state index contributed by atoms with van der Waals surface area (Å²) in [5.74, 6) is 0. The zero-order valence-electron chi connectivity index (χ0n) is 29.5. The lowest BCUT2D eigenvalue weighted by Crippen LogP contribution is -1.99. The molecule has 0 saturated heterocycles. The van der Waals surface area contributed by atoms with E-state index in [2.05, 4.69) is 179 Å². The van der Waals surface area contributed by atoms with Crippen LogP contribution in [0.3, 0.4) is 0 Å². The number of hydrogen-bond acceptors (Lipinski definition) is 3. The van der Waals surface area contributed by atoms with Gasteiger partial charge in [-0.3, -0.25) is 4.98 Å². The lowest BCUT2D eigenvalue weighted by molar-refractivity contribution is 0.669. The highest BCUT2D eigenvalue weighted by atomic mass is 16.3. The molecular weight excluding hydrogens is 673 g/mol. The Hall–Kier alpha value is -7.50. The van der Waals surface area contributed by atoms with Crippen molar-refractivity contribution in [3.8, 4) is 33.8 Å². The van der Waals surface area contributed by atoms with Crippen LogP contribution in [0.15, 0.2) is 187 Å². The van der Waals surface area contributed by atoms with Crippen LogP contribution in [0.5, 0.6) is 0 Å². The van der Waals surface area contributed by atoms with E-state index < -0.39 is 0 Å². The van der Waals surface area contributed by atoms with Crippen molar-refractivity contribution in [1.29, 1.82) is 0 Å². The zero-order chi connectivity index (χ0) is 36.0. The van der Waals surface area contributed by atoms with Crippen molar-refractivity contribution in [2.75, 3.05) is 0 Å². The second kappa shape index (κ2) is 11.5. The van der Waals surface area contributed by atoms with E-state index in [1.165, 1.54) is 32.6 Å². The fourth-order valence-corrected chi connectivity index (χ4v) is 8.76. The Morgan fingerprint density at radius 3 is 1.84 bits per heavy atom. The number of aromatic nitrogens is 4. The van der Waals surface area contributed by atoms with Crippen LogP contribution in [0.1, 0.15) is 0 Å². The maximum absolute atomic E-state index is 6.54. The molecule has 5 heteroatoms. The van der Waals surface area contributed by atoms with Gasteiger partial charge in [-0.1, -0.05) is 97.1 Å². The Morgan fingerprint density at radius 2 is 1.07 bits per heavy atom. The maximum atomic E-state index is 6.54. The smallest absolute Gasteiger partial charge is 0.136 e. The minimum Gasteiger partial charge on any atom is -0.456 e. The van der Waals surface area contributed by atoms with E-state index in [0.29, 0.717) is 0 Å². The number of pyridine rings is 2. The van der Waals surface area contributed by atoms with Gasteiger partial charge in [0.15, 0.2) is 0 Å². The van der Waals surface area contributed by atoms with Gasteiger partial charge in [0, 0.05) is 49.8 Å². The summed E-state index contributed by atoms with van der Waals surface area (Å²) in [7, 11) is 0. The predicted molar refractivity (Wildman–Crippen MR) is 226 cm³/mol. The molecule has 7 aromatic carbocycles. The molecule has 0 atom stereocenters. The van der Waals surface area contributed by atoms with E-state index in [0.717, 1.165) is 77.8 Å². The summed E-state index contributed by atoms with van der Waals surface area (Å²) >= 11 is 0. The average molecular weight is 703 g/mol. The molecule has 0 fully saturated rings. The molecule has 5 heterocycles. The molecule has 0 aliphatic heterocycles. The van der Waals surface area contributed by atoms with Crippen LogP contribution in [0.4, 0.5) is 0 Å². The molecule has 5 aromatic heterocycles. The van der Waals surface area contributed by atoms with Gasteiger partial charge in [-0.2, -0.15) is 0 Å². The van der Waals surface area contributed by atoms with E-state index >= 15 is 0 Å². The minimum atomic E-state index is 0.831. The molecule has 0 radical (unpaired) electrons. The van der Waals surface area contributed by atoms with Gasteiger partial charge in [0.1, 0.15) is 16.7 Å². The monoisotopic (exact) mass is 702 g/mol. The third kappa shape index (κ3) is 4.41. The molecule has 0 spiro atoms. The molecule has 0 bridgehead atoms. The molecule has 0 aliphatic rings. The van der Waals surface area contributed by atoms with Crippen LogP contribution in [0.25, 0.3) is 110 Å². The molecule has 0 saturated carbocycles. The molecular formula is C50H30N4O. The van der Waals surface area contributed by atoms with Crippen LogP contribution < -0.4 is 0 Å². The van der Waals surface area contributed by atoms with Crippen molar-refractivity contribution >= 4 is 76.6 Å². The van der Waals surface area contributed by atoms with Gasteiger partial charge in [0.05, 0.1) is 39.0 Å². The van der Waals surface area contributed by atoms with Gasteiger partial charge in [0.2, 0.25) is 0 Å². The van der Waals surface area contributed by atoms with E-state index in [1.807, 2.05) is 12.3 Å². The van der Waals surface area contributed by atoms with Crippen LogP contribution >= 0.6 is 0 Å². The summed E-state index contributed by atoms with van der Waals surface area (Å²) in [5.41, 5.74) is 14.3. The lowest BCUT2D eigenvalue weighted by Gasteiger charge is -2.13. The van der Waals surface area contributed by atoms with Crippen LogP contribution in [-0.4, -0.2) is 19.1 Å². The first-order chi connectivity index (χ1) is 27.3. The van der Waals surface area contributed by atoms with Gasteiger partial charge >= 0.3 is 0 Å². The van der Waals surface area contributed by atoms with Crippen molar-refractivity contribution in [1.82, 2.24) is 19.1 Å². The molecule has 12 rings (SSSR count). The van der Waals surface area contributed by atoms with E-state index in [1.54, 1.807) is 0 Å². The normalized spacial score (nSPS) is 12.0. The van der Waals surface area contributed by atoms with Crippen molar-refractivity contribution in [2.45, 2.75) is 0 Å². The molecule has 0 unspecified atom stereocenters. The highest BCUT2D eigenvalue weighted by Gasteiger charge is 2.20. The fourth-order valence-electron chi connectivity index (χ4n) is 8.76. The Labute approximate surface area is 315 Å². The summed E-state index contributed by atoms with van der Waals surface area (Å²) in [4.78, 5) is 10.2. The van der Waals surface area contributed by atoms with E-state index in [9.17, 15) is 0 Å². The summed E-state index contributed by atoms with van der Waals surface area (Å²) in [6, 6.07) is 62.3. The summed E-state index contributed by atoms with van der Waals surface area (Å²) in [6.07, 6.45) is 1.85. The Kier molecular flexibility index (Phi) is 6.27. The number of fused-ring (bicyclic) bond motifs is 10. The van der Waals surface area contributed by atoms with E-state index in [4.69, 9.17) is 14.4 Å². The highest BCUT2D eigenvalue weighted by Crippen LogP contribution is 2.42. The molecule has 0 aliphatic carbocycles. The first kappa shape index (κ1) is 30.0. The lowest BCUT2D eigenvalue weighted by atomic mass is 9.98. The van der Waals surface area contributed by atoms with Crippen molar-refractivity contribution < 1.29 is 4.42 Å². The second-order valence-electron chi connectivity index (χ2n) is 14.2. The van der Waals surface area contributed by atoms with Crippen molar-refractivity contribution in [3.05, 3.63) is 182 Å². The Balaban J connectivity index is 1.07. The van der Waals surface area contributed by atoms with Gasteiger partial charge < -0.3 is 13.6 Å². The van der Waals surface area contributed by atoms with E-state index in [-0.39, 0.29) is 0 Å². The summed E-state index contributed by atoms with van der Waals surface area (Å²) in [6.45, 7) is 0. The van der Waals surface area contributed by atoms with Crippen molar-refractivity contribution in [3.63, 3.8) is 0 Å². The van der Waals surface area contributed by atoms with Gasteiger partial charge in [-0.15, -0.1) is 0 Å². The first-order valence-electron chi connectivity index (χ1n) is 18.6. The number of benzene rings is 7. The maximum Gasteiger partial charge on any atom is 0.136 e. The van der Waals surface area contributed by atoms with Gasteiger partial charge in [-0.25, -0.2) is 4.98 Å². The number of para-hydroxylation sites is 4. The van der Waals surface area contributed by atoms with Crippen LogP contribution in [0, 0.1) is 0 Å². The van der Waals surface area contributed by atoms with Gasteiger partial charge in [0.25, 0.3) is 0 Å². The highest BCUT2D eigenvalue weighted by molar-refractivity contribution is 6.15. The van der Waals surface area contributed by atoms with Crippen LogP contribution in [-0.2, 0) is 0 Å². The van der Waals surface area contributed by atoms with Gasteiger partial charge in [-0.05, 0) is 90.0 Å². The quantitative estimate of drug-likeness (QED) is 0.183. The topological polar surface area (TPSA) is 48.8 Å². The molecule has 256 valence electrons. The Bertz CT molecular complexity index is 3440. The first-order valence-corrected chi connectivity index (χ1v) is 18.6. The second-order valence-corrected chi connectivity index (χ2v) is 14.2. The molecule has 0 N–H and O–H groups in total. The standard InChI is InChI=1S/C50H30N4O/c1-2-12-33(13-3-1)53-42-19-7-6-16-36(42)38-28-31(23-25-45(38)53)32-24-26-47-39(29-32)49-37(17-10-22-48(49)55-47)41-30-46(50-40(52-41)18-11-27-51-50)54-43-20-8-4-14-34(43)35-15-5-9-21-44(35)54/h1-30H. The fraction of sp³-hybridized carbons (Fsp3) is 0. The predicted octanol–water partition coefficient (Wildman–Crippen LogP) is 13.1. The number of nitrogens with zero attached hydrogens (tertiary/aromatic N) is 4. The third-order valence-corrected chi connectivity index (χ3v) is 11.2. The summed E-state index contributed by atoms with van der Waals surface area (Å²) < 4.78 is 11.2. The Morgan fingerprint density at radius 1 is 0.436 bits per heavy atom. The SMILES string of the molecule is c1ccc(-n2c3ccccc3c3cc(-c4ccc5oc6cccc(-c7cc(-n8c9ccccc9c9ccccc98)c8ncccc8n7)c6c5c4)ccc32)cc1. The molecule has 55 heavy (non-hydrogen) atoms.